The molecule has 0 amide bonds. The van der Waals surface area contributed by atoms with E-state index in [9.17, 15) is 16.8 Å². The molecule has 0 aromatic rings. The van der Waals surface area contributed by atoms with Gasteiger partial charge in [-0.05, 0) is 31.1 Å². The fourth-order valence-corrected chi connectivity index (χ4v) is 7.40. The molecule has 2 aliphatic carbocycles. The first-order valence-electron chi connectivity index (χ1n) is 8.61. The van der Waals surface area contributed by atoms with Crippen molar-refractivity contribution in [1.29, 1.82) is 0 Å². The van der Waals surface area contributed by atoms with Gasteiger partial charge in [-0.25, -0.2) is 16.8 Å². The summed E-state index contributed by atoms with van der Waals surface area (Å²) >= 11 is 0. The number of unbranched alkanes of at least 4 members (excludes halogenated alkanes) is 2. The SMILES string of the molecule is CCCCS(=O)(=O)/C=C/[C@H]1[C@@H](S(=O)(=O)CCCC)[C@H]2C=C[C@H]1C2. The summed E-state index contributed by atoms with van der Waals surface area (Å²) in [5.74, 6) is 0.374. The minimum Gasteiger partial charge on any atom is -0.229 e. The van der Waals surface area contributed by atoms with E-state index in [1.165, 1.54) is 5.41 Å². The second kappa shape index (κ2) is 7.51. The quantitative estimate of drug-likeness (QED) is 0.593. The lowest BCUT2D eigenvalue weighted by atomic mass is 9.93. The monoisotopic (exact) mass is 360 g/mol. The molecule has 0 aromatic heterocycles. The van der Waals surface area contributed by atoms with Crippen LogP contribution in [0.1, 0.15) is 46.0 Å². The predicted molar refractivity (Wildman–Crippen MR) is 94.5 cm³/mol. The Morgan fingerprint density at radius 2 is 1.57 bits per heavy atom. The molecule has 0 aliphatic heterocycles. The van der Waals surface area contributed by atoms with Crippen LogP contribution >= 0.6 is 0 Å². The third-order valence-electron chi connectivity index (χ3n) is 4.93. The van der Waals surface area contributed by atoms with Crippen molar-refractivity contribution in [3.05, 3.63) is 23.6 Å². The van der Waals surface area contributed by atoms with E-state index in [1.54, 1.807) is 6.08 Å². The topological polar surface area (TPSA) is 68.3 Å². The first-order valence-corrected chi connectivity index (χ1v) is 12.0. The second-order valence-electron chi connectivity index (χ2n) is 6.76. The van der Waals surface area contributed by atoms with E-state index in [0.717, 1.165) is 19.3 Å². The Morgan fingerprint density at radius 3 is 2.22 bits per heavy atom. The van der Waals surface area contributed by atoms with Crippen molar-refractivity contribution in [2.75, 3.05) is 11.5 Å². The summed E-state index contributed by atoms with van der Waals surface area (Å²) in [7, 11) is -6.42. The van der Waals surface area contributed by atoms with Crippen LogP contribution in [0.4, 0.5) is 0 Å². The van der Waals surface area contributed by atoms with Gasteiger partial charge in [0.1, 0.15) is 0 Å². The molecule has 0 radical (unpaired) electrons. The van der Waals surface area contributed by atoms with Gasteiger partial charge in [-0.15, -0.1) is 0 Å². The van der Waals surface area contributed by atoms with Crippen LogP contribution in [0.3, 0.4) is 0 Å². The van der Waals surface area contributed by atoms with Gasteiger partial charge in [0, 0.05) is 11.3 Å². The van der Waals surface area contributed by atoms with Gasteiger partial charge in [-0.1, -0.05) is 44.9 Å². The zero-order valence-electron chi connectivity index (χ0n) is 14.0. The number of hydrogen-bond donors (Lipinski definition) is 0. The Hall–Kier alpha value is -0.620. The van der Waals surface area contributed by atoms with Gasteiger partial charge < -0.3 is 0 Å². The minimum absolute atomic E-state index is 0.0508. The molecule has 2 rings (SSSR count). The van der Waals surface area contributed by atoms with E-state index in [1.807, 2.05) is 19.9 Å². The van der Waals surface area contributed by atoms with Crippen LogP contribution < -0.4 is 0 Å². The molecule has 23 heavy (non-hydrogen) atoms. The van der Waals surface area contributed by atoms with E-state index >= 15 is 0 Å². The largest absolute Gasteiger partial charge is 0.229 e. The van der Waals surface area contributed by atoms with Crippen LogP contribution in [0.15, 0.2) is 23.6 Å². The van der Waals surface area contributed by atoms with Crippen LogP contribution in [0.25, 0.3) is 0 Å². The molecule has 4 atom stereocenters. The number of sulfone groups is 2. The first kappa shape index (κ1) is 18.7. The van der Waals surface area contributed by atoms with Crippen LogP contribution in [0, 0.1) is 17.8 Å². The van der Waals surface area contributed by atoms with E-state index in [-0.39, 0.29) is 29.3 Å². The Kier molecular flexibility index (Phi) is 6.11. The molecule has 132 valence electrons. The van der Waals surface area contributed by atoms with Crippen molar-refractivity contribution in [3.63, 3.8) is 0 Å². The lowest BCUT2D eigenvalue weighted by Gasteiger charge is -2.25. The minimum atomic E-state index is -3.23. The molecule has 0 unspecified atom stereocenters. The van der Waals surface area contributed by atoms with E-state index < -0.39 is 24.9 Å². The molecule has 1 fully saturated rings. The van der Waals surface area contributed by atoms with E-state index in [2.05, 4.69) is 6.08 Å². The van der Waals surface area contributed by atoms with Crippen LogP contribution in [0.5, 0.6) is 0 Å². The fourth-order valence-electron chi connectivity index (χ4n) is 3.68. The number of hydrogen-bond acceptors (Lipinski definition) is 4. The first-order chi connectivity index (χ1) is 10.8. The summed E-state index contributed by atoms with van der Waals surface area (Å²) in [6.07, 6.45) is 9.55. The Labute approximate surface area is 140 Å². The lowest BCUT2D eigenvalue weighted by Crippen LogP contribution is -2.34. The molecule has 0 saturated heterocycles. The highest BCUT2D eigenvalue weighted by atomic mass is 32.2. The smallest absolute Gasteiger partial charge is 0.171 e. The third-order valence-corrected chi connectivity index (χ3v) is 8.71. The highest BCUT2D eigenvalue weighted by Gasteiger charge is 2.49. The number of fused-ring (bicyclic) bond motifs is 2. The highest BCUT2D eigenvalue weighted by Crippen LogP contribution is 2.48. The summed E-state index contributed by atoms with van der Waals surface area (Å²) in [4.78, 5) is 0. The Morgan fingerprint density at radius 1 is 0.957 bits per heavy atom. The van der Waals surface area contributed by atoms with Gasteiger partial charge in [0.25, 0.3) is 0 Å². The van der Waals surface area contributed by atoms with Gasteiger partial charge in [0.15, 0.2) is 19.7 Å². The maximum Gasteiger partial charge on any atom is 0.171 e. The summed E-state index contributed by atoms with van der Waals surface area (Å²) in [6, 6.07) is 0. The fraction of sp³-hybridized carbons (Fsp3) is 0.765. The third kappa shape index (κ3) is 4.47. The molecule has 2 aliphatic rings. The van der Waals surface area contributed by atoms with Crippen molar-refractivity contribution in [2.45, 2.75) is 51.2 Å². The number of allylic oxidation sites excluding steroid dienone is 3. The molecule has 2 bridgehead atoms. The van der Waals surface area contributed by atoms with Gasteiger partial charge in [0.2, 0.25) is 0 Å². The Balaban J connectivity index is 2.18. The maximum atomic E-state index is 12.7. The molecule has 0 N–H and O–H groups in total. The molecule has 4 nitrogen and oxygen atoms in total. The van der Waals surface area contributed by atoms with Crippen molar-refractivity contribution in [1.82, 2.24) is 0 Å². The molecule has 1 saturated carbocycles. The van der Waals surface area contributed by atoms with Crippen molar-refractivity contribution >= 4 is 19.7 Å². The Bertz CT molecular complexity index is 659. The van der Waals surface area contributed by atoms with Crippen LogP contribution in [-0.4, -0.2) is 33.6 Å². The standard InChI is InChI=1S/C17H28O4S2/c1-3-5-10-22(18,19)12-9-16-14-7-8-15(13-14)17(16)23(20,21)11-6-4-2/h7-9,12,14-17H,3-6,10-11,13H2,1-2H3/b12-9+/t14-,15-,16+,17-/m0/s1. The molecular weight excluding hydrogens is 332 g/mol. The van der Waals surface area contributed by atoms with Gasteiger partial charge in [-0.3, -0.25) is 0 Å². The average molecular weight is 361 g/mol. The van der Waals surface area contributed by atoms with Crippen molar-refractivity contribution in [3.8, 4) is 0 Å². The lowest BCUT2D eigenvalue weighted by molar-refractivity contribution is 0.513. The van der Waals surface area contributed by atoms with Gasteiger partial charge >= 0.3 is 0 Å². The second-order valence-corrected chi connectivity index (χ2v) is 11.0. The highest BCUT2D eigenvalue weighted by molar-refractivity contribution is 7.94. The average Bonchev–Trinajstić information content (AvgIpc) is 3.10. The summed E-state index contributed by atoms with van der Waals surface area (Å²) in [5.41, 5.74) is 0. The van der Waals surface area contributed by atoms with E-state index in [4.69, 9.17) is 0 Å². The zero-order chi connectivity index (χ0) is 17.1. The van der Waals surface area contributed by atoms with Crippen LogP contribution in [0.2, 0.25) is 0 Å². The maximum absolute atomic E-state index is 12.7. The normalized spacial score (nSPS) is 30.5. The predicted octanol–water partition coefficient (Wildman–Crippen LogP) is 3.12. The van der Waals surface area contributed by atoms with Gasteiger partial charge in [-0.2, -0.15) is 0 Å². The molecule has 0 spiro atoms. The summed E-state index contributed by atoms with van der Waals surface area (Å²) in [6.45, 7) is 3.93. The van der Waals surface area contributed by atoms with Crippen LogP contribution in [-0.2, 0) is 19.7 Å². The molecular formula is C17H28O4S2. The molecule has 0 aromatic carbocycles. The molecule has 6 heteroatoms. The van der Waals surface area contributed by atoms with Gasteiger partial charge in [0.05, 0.1) is 16.8 Å². The van der Waals surface area contributed by atoms with E-state index in [0.29, 0.717) is 12.8 Å². The molecule has 0 heterocycles. The number of rotatable bonds is 9. The summed E-state index contributed by atoms with van der Waals surface area (Å²) in [5, 5.41) is 0.825. The summed E-state index contributed by atoms with van der Waals surface area (Å²) < 4.78 is 49.4. The zero-order valence-corrected chi connectivity index (χ0v) is 15.7. The van der Waals surface area contributed by atoms with Crippen molar-refractivity contribution < 1.29 is 16.8 Å². The van der Waals surface area contributed by atoms with Crippen molar-refractivity contribution in [2.24, 2.45) is 17.8 Å².